The molecule has 1 atom stereocenters. The third kappa shape index (κ3) is 2.65. The van der Waals surface area contributed by atoms with Gasteiger partial charge in [0.2, 0.25) is 0 Å². The van der Waals surface area contributed by atoms with Crippen molar-refractivity contribution in [2.45, 2.75) is 6.04 Å². The van der Waals surface area contributed by atoms with Gasteiger partial charge in [0.25, 0.3) is 0 Å². The highest BCUT2D eigenvalue weighted by atomic mass is 16.7. The highest BCUT2D eigenvalue weighted by molar-refractivity contribution is 5.92. The molecule has 1 aliphatic rings. The Morgan fingerprint density at radius 3 is 2.63 bits per heavy atom. The fraction of sp³-hybridized carbons (Fsp3) is 0.250. The van der Waals surface area contributed by atoms with Crippen LogP contribution in [0.15, 0.2) is 30.3 Å². The van der Waals surface area contributed by atoms with Crippen LogP contribution in [0.1, 0.15) is 10.4 Å². The number of carbonyl (C=O) groups is 3. The average molecular weight is 264 g/mol. The van der Waals surface area contributed by atoms with Crippen molar-refractivity contribution < 1.29 is 24.0 Å². The Bertz CT molecular complexity index is 502. The minimum absolute atomic E-state index is 0.0353. The van der Waals surface area contributed by atoms with Gasteiger partial charge in [-0.15, -0.1) is 5.06 Å². The second-order valence-electron chi connectivity index (χ2n) is 3.80. The van der Waals surface area contributed by atoms with Crippen LogP contribution >= 0.6 is 0 Å². The Morgan fingerprint density at radius 2 is 2.00 bits per heavy atom. The maximum Gasteiger partial charge on any atom is 0.363 e. The first kappa shape index (κ1) is 12.9. The van der Waals surface area contributed by atoms with Gasteiger partial charge in [-0.1, -0.05) is 18.2 Å². The lowest BCUT2D eigenvalue weighted by Crippen LogP contribution is -2.41. The molecule has 0 aromatic heterocycles. The number of methoxy groups -OCH3 is 1. The van der Waals surface area contributed by atoms with Gasteiger partial charge in [0.15, 0.2) is 6.04 Å². The van der Waals surface area contributed by atoms with Crippen LogP contribution in [0.25, 0.3) is 0 Å². The molecule has 1 saturated heterocycles. The van der Waals surface area contributed by atoms with Crippen molar-refractivity contribution in [2.24, 2.45) is 0 Å². The first-order valence-corrected chi connectivity index (χ1v) is 5.55. The number of hydrogen-bond donors (Lipinski definition) is 1. The topological polar surface area (TPSA) is 84.9 Å². The van der Waals surface area contributed by atoms with Crippen molar-refractivity contribution in [3.8, 4) is 0 Å². The molecule has 7 heteroatoms. The van der Waals surface area contributed by atoms with Crippen LogP contribution in [0.4, 0.5) is 4.79 Å². The Kier molecular flexibility index (Phi) is 3.65. The summed E-state index contributed by atoms with van der Waals surface area (Å²) in [7, 11) is 1.20. The summed E-state index contributed by atoms with van der Waals surface area (Å²) in [4.78, 5) is 39.7. The predicted molar refractivity (Wildman–Crippen MR) is 62.9 cm³/mol. The van der Waals surface area contributed by atoms with Crippen LogP contribution < -0.4 is 5.32 Å². The number of hydroxylamine groups is 2. The molecule has 0 unspecified atom stereocenters. The molecule has 0 aliphatic carbocycles. The van der Waals surface area contributed by atoms with Gasteiger partial charge in [0.1, 0.15) is 0 Å². The lowest BCUT2D eigenvalue weighted by Gasteiger charge is -2.19. The van der Waals surface area contributed by atoms with Gasteiger partial charge in [-0.2, -0.15) is 0 Å². The summed E-state index contributed by atoms with van der Waals surface area (Å²) in [6, 6.07) is 6.55. The monoisotopic (exact) mass is 264 g/mol. The van der Waals surface area contributed by atoms with Crippen molar-refractivity contribution in [1.82, 2.24) is 10.4 Å². The van der Waals surface area contributed by atoms with Crippen LogP contribution in [-0.4, -0.2) is 42.7 Å². The van der Waals surface area contributed by atoms with Gasteiger partial charge in [-0.05, 0) is 12.1 Å². The van der Waals surface area contributed by atoms with Crippen molar-refractivity contribution in [2.75, 3.05) is 13.7 Å². The Labute approximate surface area is 109 Å². The maximum absolute atomic E-state index is 11.8. The third-order valence-electron chi connectivity index (χ3n) is 2.59. The van der Waals surface area contributed by atoms with Gasteiger partial charge in [-0.3, -0.25) is 0 Å². The highest BCUT2D eigenvalue weighted by Gasteiger charge is 2.40. The Hall–Kier alpha value is -2.57. The van der Waals surface area contributed by atoms with Crippen LogP contribution in [-0.2, 0) is 14.4 Å². The lowest BCUT2D eigenvalue weighted by molar-refractivity contribution is -0.156. The smallest absolute Gasteiger partial charge is 0.363 e. The molecule has 0 bridgehead atoms. The minimum atomic E-state index is -0.967. The van der Waals surface area contributed by atoms with E-state index in [9.17, 15) is 14.4 Å². The van der Waals surface area contributed by atoms with Crippen molar-refractivity contribution >= 4 is 18.0 Å². The van der Waals surface area contributed by atoms with E-state index >= 15 is 0 Å². The number of rotatable bonds is 3. The van der Waals surface area contributed by atoms with Gasteiger partial charge in [-0.25, -0.2) is 14.4 Å². The van der Waals surface area contributed by atoms with E-state index in [0.29, 0.717) is 5.06 Å². The van der Waals surface area contributed by atoms with Crippen LogP contribution in [0, 0.1) is 0 Å². The summed E-state index contributed by atoms with van der Waals surface area (Å²) in [6.07, 6.45) is 0. The highest BCUT2D eigenvalue weighted by Crippen LogP contribution is 2.12. The standard InChI is InChI=1S/C12H12N2O5/c1-18-11(16)9-7-13-12(17)14(9)19-10(15)8-5-3-2-4-6-8/h2-6,9H,7H2,1H3,(H,13,17)/t9-/m0/s1. The number of amides is 2. The Morgan fingerprint density at radius 1 is 1.32 bits per heavy atom. The number of hydrogen-bond acceptors (Lipinski definition) is 5. The second kappa shape index (κ2) is 5.38. The molecule has 100 valence electrons. The van der Waals surface area contributed by atoms with Gasteiger partial charge in [0.05, 0.1) is 19.2 Å². The second-order valence-corrected chi connectivity index (χ2v) is 3.80. The molecule has 2 rings (SSSR count). The van der Waals surface area contributed by atoms with Crippen molar-refractivity contribution in [3.63, 3.8) is 0 Å². The van der Waals surface area contributed by atoms with E-state index in [2.05, 4.69) is 10.1 Å². The first-order chi connectivity index (χ1) is 9.13. The molecular weight excluding hydrogens is 252 g/mol. The number of urea groups is 1. The Balaban J connectivity index is 2.10. The molecule has 1 fully saturated rings. The summed E-state index contributed by atoms with van der Waals surface area (Å²) < 4.78 is 4.54. The number of benzene rings is 1. The van der Waals surface area contributed by atoms with Crippen LogP contribution in [0.5, 0.6) is 0 Å². The predicted octanol–water partition coefficient (Wildman–Crippen LogP) is 0.325. The molecule has 7 nitrogen and oxygen atoms in total. The van der Waals surface area contributed by atoms with E-state index < -0.39 is 24.0 Å². The molecule has 0 saturated carbocycles. The molecular formula is C12H12N2O5. The number of nitrogens with zero attached hydrogens (tertiary/aromatic N) is 1. The molecule has 0 radical (unpaired) electrons. The number of ether oxygens (including phenoxy) is 1. The van der Waals surface area contributed by atoms with Gasteiger partial charge in [0, 0.05) is 0 Å². The SMILES string of the molecule is COC(=O)[C@@H]1CNC(=O)N1OC(=O)c1ccccc1. The molecule has 0 spiro atoms. The van der Waals surface area contributed by atoms with E-state index in [4.69, 9.17) is 4.84 Å². The molecule has 19 heavy (non-hydrogen) atoms. The van der Waals surface area contributed by atoms with E-state index in [1.165, 1.54) is 7.11 Å². The third-order valence-corrected chi connectivity index (χ3v) is 2.59. The number of carbonyl (C=O) groups excluding carboxylic acids is 3. The average Bonchev–Trinajstić information content (AvgIpc) is 2.80. The maximum atomic E-state index is 11.8. The zero-order valence-corrected chi connectivity index (χ0v) is 10.2. The van der Waals surface area contributed by atoms with Gasteiger partial charge >= 0.3 is 18.0 Å². The molecule has 2 amide bonds. The quantitative estimate of drug-likeness (QED) is 0.795. The summed E-state index contributed by atoms with van der Waals surface area (Å²) in [5, 5.41) is 3.10. The lowest BCUT2D eigenvalue weighted by atomic mass is 10.2. The normalized spacial score (nSPS) is 17.8. The summed E-state index contributed by atoms with van der Waals surface area (Å²) in [5.41, 5.74) is 0.283. The summed E-state index contributed by atoms with van der Waals surface area (Å²) in [6.45, 7) is 0.0353. The largest absolute Gasteiger partial charge is 0.467 e. The molecule has 1 heterocycles. The molecule has 1 aliphatic heterocycles. The minimum Gasteiger partial charge on any atom is -0.467 e. The first-order valence-electron chi connectivity index (χ1n) is 5.55. The van der Waals surface area contributed by atoms with E-state index in [-0.39, 0.29) is 12.1 Å². The van der Waals surface area contributed by atoms with E-state index in [1.807, 2.05) is 0 Å². The molecule has 1 N–H and O–H groups in total. The number of nitrogens with one attached hydrogen (secondary N) is 1. The van der Waals surface area contributed by atoms with Crippen LogP contribution in [0.3, 0.4) is 0 Å². The zero-order valence-electron chi connectivity index (χ0n) is 10.2. The number of esters is 1. The van der Waals surface area contributed by atoms with Crippen molar-refractivity contribution in [3.05, 3.63) is 35.9 Å². The fourth-order valence-corrected chi connectivity index (χ4v) is 1.62. The van der Waals surface area contributed by atoms with Gasteiger partial charge < -0.3 is 14.9 Å². The zero-order chi connectivity index (χ0) is 13.8. The summed E-state index contributed by atoms with van der Waals surface area (Å²) >= 11 is 0. The molecule has 1 aromatic rings. The van der Waals surface area contributed by atoms with Crippen molar-refractivity contribution in [1.29, 1.82) is 0 Å². The van der Waals surface area contributed by atoms with E-state index in [0.717, 1.165) is 0 Å². The van der Waals surface area contributed by atoms with Crippen LogP contribution in [0.2, 0.25) is 0 Å². The fourth-order valence-electron chi connectivity index (χ4n) is 1.62. The summed E-state index contributed by atoms with van der Waals surface area (Å²) in [5.74, 6) is -1.37. The van der Waals surface area contributed by atoms with E-state index in [1.54, 1.807) is 30.3 Å². The molecule has 1 aromatic carbocycles.